The summed E-state index contributed by atoms with van der Waals surface area (Å²) in [5.41, 5.74) is 10.9. The van der Waals surface area contributed by atoms with Gasteiger partial charge in [0.15, 0.2) is 5.82 Å². The zero-order valence-electron chi connectivity index (χ0n) is 27.0. The van der Waals surface area contributed by atoms with Crippen molar-refractivity contribution in [2.24, 2.45) is 14.1 Å². The number of rotatable bonds is 5. The molecule has 9 aromatic rings. The van der Waals surface area contributed by atoms with Crippen LogP contribution in [0, 0.1) is 0 Å². The van der Waals surface area contributed by atoms with Gasteiger partial charge in [0.25, 0.3) is 0 Å². The van der Waals surface area contributed by atoms with Gasteiger partial charge in [0, 0.05) is 51.0 Å². The van der Waals surface area contributed by atoms with Crippen LogP contribution < -0.4 is 5.69 Å². The van der Waals surface area contributed by atoms with Gasteiger partial charge in [0.1, 0.15) is 0 Å². The molecule has 0 fully saturated rings. The molecule has 49 heavy (non-hydrogen) atoms. The number of fused-ring (bicyclic) bond motifs is 4. The minimum atomic E-state index is -0.0342. The van der Waals surface area contributed by atoms with E-state index in [-0.39, 0.29) is 5.69 Å². The molecule has 0 bridgehead atoms. The maximum absolute atomic E-state index is 12.6. The molecule has 9 rings (SSSR count). The molecule has 0 saturated heterocycles. The van der Waals surface area contributed by atoms with E-state index in [2.05, 4.69) is 109 Å². The van der Waals surface area contributed by atoms with Crippen LogP contribution in [-0.2, 0) is 14.1 Å². The van der Waals surface area contributed by atoms with Crippen LogP contribution in [0.4, 0.5) is 0 Å². The third kappa shape index (κ3) is 5.05. The lowest BCUT2D eigenvalue weighted by Gasteiger charge is -2.11. The van der Waals surface area contributed by atoms with E-state index in [9.17, 15) is 4.79 Å². The second-order valence-corrected chi connectivity index (χ2v) is 13.5. The first-order chi connectivity index (χ1) is 24.0. The number of hydrogen-bond donors (Lipinski definition) is 0. The molecule has 0 aliphatic carbocycles. The second-order valence-electron chi connectivity index (χ2n) is 12.4. The Hall–Kier alpha value is -6.11. The van der Waals surface area contributed by atoms with E-state index in [0.717, 1.165) is 50.2 Å². The summed E-state index contributed by atoms with van der Waals surface area (Å²) in [7, 11) is 3.62. The molecule has 3 aromatic heterocycles. The molecule has 0 atom stereocenters. The molecule has 234 valence electrons. The van der Waals surface area contributed by atoms with E-state index < -0.39 is 0 Å². The van der Waals surface area contributed by atoms with Gasteiger partial charge >= 0.3 is 5.69 Å². The average Bonchev–Trinajstić information content (AvgIpc) is 3.64. The predicted molar refractivity (Wildman–Crippen MR) is 204 cm³/mol. The molecule has 3 heterocycles. The SMILES string of the molecule is Cn1c(=O)n(C)c2cc(-c3cccc(-c4cc(-c5ccc(-c6ccc7sc8ccccc8c7c6)cc5)nc(-c5ccccc5)n4)c3)ccc21. The first-order valence-corrected chi connectivity index (χ1v) is 17.0. The van der Waals surface area contributed by atoms with Crippen LogP contribution in [0.3, 0.4) is 0 Å². The van der Waals surface area contributed by atoms with E-state index in [4.69, 9.17) is 9.97 Å². The molecule has 6 aromatic carbocycles. The Labute approximate surface area is 287 Å². The molecular weight excluding hydrogens is 621 g/mol. The quantitative estimate of drug-likeness (QED) is 0.186. The van der Waals surface area contributed by atoms with Crippen LogP contribution in [0.2, 0.25) is 0 Å². The van der Waals surface area contributed by atoms with E-state index in [1.165, 1.54) is 31.3 Å². The number of imidazole rings is 1. The highest BCUT2D eigenvalue weighted by Crippen LogP contribution is 2.37. The van der Waals surface area contributed by atoms with Crippen molar-refractivity contribution in [3.8, 4) is 56.2 Å². The van der Waals surface area contributed by atoms with Crippen molar-refractivity contribution < 1.29 is 0 Å². The zero-order chi connectivity index (χ0) is 33.1. The van der Waals surface area contributed by atoms with E-state index in [1.54, 1.807) is 16.2 Å². The molecule has 0 aliphatic heterocycles. The van der Waals surface area contributed by atoms with Gasteiger partial charge in [-0.3, -0.25) is 9.13 Å². The Morgan fingerprint density at radius 3 is 1.88 bits per heavy atom. The van der Waals surface area contributed by atoms with Gasteiger partial charge in [-0.1, -0.05) is 103 Å². The third-order valence-electron chi connectivity index (χ3n) is 9.41. The number of hydrogen-bond acceptors (Lipinski definition) is 4. The lowest BCUT2D eigenvalue weighted by atomic mass is 9.99. The highest BCUT2D eigenvalue weighted by atomic mass is 32.1. The Kier molecular flexibility index (Phi) is 6.85. The Morgan fingerprint density at radius 1 is 0.449 bits per heavy atom. The third-order valence-corrected chi connectivity index (χ3v) is 10.6. The summed E-state index contributed by atoms with van der Waals surface area (Å²) in [6, 6.07) is 50.8. The monoisotopic (exact) mass is 650 g/mol. The minimum Gasteiger partial charge on any atom is -0.295 e. The van der Waals surface area contributed by atoms with Crippen molar-refractivity contribution in [3.63, 3.8) is 0 Å². The minimum absolute atomic E-state index is 0.0342. The van der Waals surface area contributed by atoms with Crippen LogP contribution in [0.5, 0.6) is 0 Å². The molecule has 0 radical (unpaired) electrons. The van der Waals surface area contributed by atoms with Crippen LogP contribution >= 0.6 is 11.3 Å². The fourth-order valence-corrected chi connectivity index (χ4v) is 7.83. The summed E-state index contributed by atoms with van der Waals surface area (Å²) >= 11 is 1.84. The summed E-state index contributed by atoms with van der Waals surface area (Å²) in [5, 5.41) is 2.60. The lowest BCUT2D eigenvalue weighted by molar-refractivity contribution is 0.795. The highest BCUT2D eigenvalue weighted by molar-refractivity contribution is 7.25. The van der Waals surface area contributed by atoms with Crippen LogP contribution in [0.15, 0.2) is 150 Å². The van der Waals surface area contributed by atoms with Crippen molar-refractivity contribution >= 4 is 42.5 Å². The number of aromatic nitrogens is 4. The first-order valence-electron chi connectivity index (χ1n) is 16.2. The summed E-state index contributed by atoms with van der Waals surface area (Å²) in [4.78, 5) is 22.7. The zero-order valence-corrected chi connectivity index (χ0v) is 27.8. The van der Waals surface area contributed by atoms with E-state index in [0.29, 0.717) is 5.82 Å². The van der Waals surface area contributed by atoms with Crippen molar-refractivity contribution in [3.05, 3.63) is 156 Å². The van der Waals surface area contributed by atoms with Crippen molar-refractivity contribution in [1.29, 1.82) is 0 Å². The summed E-state index contributed by atoms with van der Waals surface area (Å²) in [6.45, 7) is 0. The standard InChI is InChI=1S/C43H30N4OS/c1-46-38-21-19-32(25-39(38)47(2)43(46)48)30-11-8-12-33(23-30)37-26-36(44-42(45-37)29-9-4-3-5-10-29)28-17-15-27(16-18-28)31-20-22-41-35(24-31)34-13-6-7-14-40(34)49-41/h3-26H,1-2H3. The molecule has 6 heteroatoms. The van der Waals surface area contributed by atoms with Crippen LogP contribution in [-0.4, -0.2) is 19.1 Å². The van der Waals surface area contributed by atoms with Gasteiger partial charge in [-0.25, -0.2) is 14.8 Å². The molecular formula is C43H30N4OS. The van der Waals surface area contributed by atoms with Crippen molar-refractivity contribution in [2.45, 2.75) is 0 Å². The Morgan fingerprint density at radius 2 is 1.04 bits per heavy atom. The van der Waals surface area contributed by atoms with Crippen LogP contribution in [0.25, 0.3) is 87.4 Å². The Balaban J connectivity index is 1.11. The summed E-state index contributed by atoms with van der Waals surface area (Å²) in [6.07, 6.45) is 0. The fraction of sp³-hybridized carbons (Fsp3) is 0.0465. The largest absolute Gasteiger partial charge is 0.328 e. The van der Waals surface area contributed by atoms with Crippen molar-refractivity contribution in [2.75, 3.05) is 0 Å². The maximum atomic E-state index is 12.6. The molecule has 0 spiro atoms. The molecule has 0 aliphatic rings. The van der Waals surface area contributed by atoms with Gasteiger partial charge in [-0.15, -0.1) is 11.3 Å². The van der Waals surface area contributed by atoms with Crippen molar-refractivity contribution in [1.82, 2.24) is 19.1 Å². The van der Waals surface area contributed by atoms with Gasteiger partial charge in [0.05, 0.1) is 22.4 Å². The lowest BCUT2D eigenvalue weighted by Crippen LogP contribution is -2.19. The molecule has 5 nitrogen and oxygen atoms in total. The van der Waals surface area contributed by atoms with E-state index >= 15 is 0 Å². The topological polar surface area (TPSA) is 52.7 Å². The van der Waals surface area contributed by atoms with Gasteiger partial charge < -0.3 is 0 Å². The van der Waals surface area contributed by atoms with Gasteiger partial charge in [0.2, 0.25) is 0 Å². The molecule has 0 saturated carbocycles. The Bertz CT molecular complexity index is 2760. The average molecular weight is 651 g/mol. The number of aryl methyl sites for hydroxylation is 2. The van der Waals surface area contributed by atoms with Crippen LogP contribution in [0.1, 0.15) is 0 Å². The molecule has 0 N–H and O–H groups in total. The number of nitrogens with zero attached hydrogens (tertiary/aromatic N) is 4. The fourth-order valence-electron chi connectivity index (χ4n) is 6.74. The molecule has 0 unspecified atom stereocenters. The van der Waals surface area contributed by atoms with Gasteiger partial charge in [-0.2, -0.15) is 0 Å². The number of benzene rings is 6. The maximum Gasteiger partial charge on any atom is 0.328 e. The predicted octanol–water partition coefficient (Wildman–Crippen LogP) is 10.4. The second kappa shape index (κ2) is 11.5. The summed E-state index contributed by atoms with van der Waals surface area (Å²) < 4.78 is 5.99. The van der Waals surface area contributed by atoms with Gasteiger partial charge in [-0.05, 0) is 64.7 Å². The highest BCUT2D eigenvalue weighted by Gasteiger charge is 2.14. The smallest absolute Gasteiger partial charge is 0.295 e. The first kappa shape index (κ1) is 29.1. The molecule has 0 amide bonds. The number of thiophene rings is 1. The summed E-state index contributed by atoms with van der Waals surface area (Å²) in [5.74, 6) is 0.679. The normalized spacial score (nSPS) is 11.6. The van der Waals surface area contributed by atoms with E-state index in [1.807, 2.05) is 54.8 Å².